The summed E-state index contributed by atoms with van der Waals surface area (Å²) >= 11 is 5.88. The molecule has 1 aromatic heterocycles. The molecule has 2 aromatic rings. The van der Waals surface area contributed by atoms with E-state index in [4.69, 9.17) is 21.8 Å². The van der Waals surface area contributed by atoms with Crippen molar-refractivity contribution < 1.29 is 12.8 Å². The normalized spacial score (nSPS) is 13.3. The number of nitrogens with one attached hydrogen (secondary N) is 1. The van der Waals surface area contributed by atoms with Crippen molar-refractivity contribution in [2.75, 3.05) is 5.73 Å². The number of furan rings is 1. The van der Waals surface area contributed by atoms with Crippen molar-refractivity contribution in [3.63, 3.8) is 0 Å². The zero-order chi connectivity index (χ0) is 15.6. The number of rotatable bonds is 5. The van der Waals surface area contributed by atoms with Crippen LogP contribution in [0.4, 0.5) is 5.69 Å². The van der Waals surface area contributed by atoms with Crippen molar-refractivity contribution >= 4 is 27.3 Å². The Balaban J connectivity index is 2.20. The first kappa shape index (κ1) is 15.9. The molecule has 1 unspecified atom stereocenters. The molecule has 0 amide bonds. The summed E-state index contributed by atoms with van der Waals surface area (Å²) in [4.78, 5) is 0.135. The second-order valence-corrected chi connectivity index (χ2v) is 7.03. The highest BCUT2D eigenvalue weighted by molar-refractivity contribution is 7.89. The van der Waals surface area contributed by atoms with Gasteiger partial charge in [0.1, 0.15) is 5.76 Å². The fourth-order valence-electron chi connectivity index (χ4n) is 2.06. The van der Waals surface area contributed by atoms with E-state index in [1.54, 1.807) is 38.3 Å². The molecule has 0 spiro atoms. The van der Waals surface area contributed by atoms with Crippen LogP contribution in [0.3, 0.4) is 0 Å². The topological polar surface area (TPSA) is 85.3 Å². The van der Waals surface area contributed by atoms with Crippen LogP contribution in [0, 0.1) is 6.92 Å². The first-order chi connectivity index (χ1) is 9.79. The average Bonchev–Trinajstić information content (AvgIpc) is 2.85. The van der Waals surface area contributed by atoms with Gasteiger partial charge < -0.3 is 10.2 Å². The van der Waals surface area contributed by atoms with Crippen LogP contribution in [0.2, 0.25) is 5.02 Å². The molecule has 0 aliphatic carbocycles. The van der Waals surface area contributed by atoms with Gasteiger partial charge in [0.05, 0.1) is 21.9 Å². The zero-order valence-electron chi connectivity index (χ0n) is 11.8. The van der Waals surface area contributed by atoms with Crippen molar-refractivity contribution in [2.24, 2.45) is 0 Å². The van der Waals surface area contributed by atoms with Crippen molar-refractivity contribution in [1.29, 1.82) is 0 Å². The molecule has 0 bridgehead atoms. The average molecular weight is 329 g/mol. The molecule has 0 saturated carbocycles. The molecule has 1 heterocycles. The molecule has 114 valence electrons. The van der Waals surface area contributed by atoms with Crippen LogP contribution in [-0.4, -0.2) is 14.5 Å². The van der Waals surface area contributed by atoms with E-state index in [2.05, 4.69) is 4.72 Å². The first-order valence-electron chi connectivity index (χ1n) is 6.40. The predicted octanol–water partition coefficient (Wildman–Crippen LogP) is 2.73. The van der Waals surface area contributed by atoms with Gasteiger partial charge in [-0.2, -0.15) is 0 Å². The van der Waals surface area contributed by atoms with Crippen LogP contribution in [-0.2, 0) is 16.4 Å². The fourth-order valence-corrected chi connectivity index (χ4v) is 3.78. The summed E-state index contributed by atoms with van der Waals surface area (Å²) in [6.07, 6.45) is 2.02. The molecule has 0 saturated heterocycles. The van der Waals surface area contributed by atoms with Crippen molar-refractivity contribution in [3.8, 4) is 0 Å². The minimum absolute atomic E-state index is 0.135. The number of sulfonamides is 1. The monoisotopic (exact) mass is 328 g/mol. The summed E-state index contributed by atoms with van der Waals surface area (Å²) in [7, 11) is -3.66. The van der Waals surface area contributed by atoms with Crippen LogP contribution < -0.4 is 10.5 Å². The van der Waals surface area contributed by atoms with E-state index in [1.165, 1.54) is 6.07 Å². The summed E-state index contributed by atoms with van der Waals surface area (Å²) in [5.41, 5.74) is 6.47. The number of nitrogen functional groups attached to an aromatic ring is 1. The highest BCUT2D eigenvalue weighted by Gasteiger charge is 2.21. The molecular weight excluding hydrogens is 312 g/mol. The van der Waals surface area contributed by atoms with Crippen LogP contribution >= 0.6 is 11.6 Å². The lowest BCUT2D eigenvalue weighted by molar-refractivity contribution is 0.479. The van der Waals surface area contributed by atoms with Gasteiger partial charge in [0.15, 0.2) is 0 Å². The molecule has 2 rings (SSSR count). The lowest BCUT2D eigenvalue weighted by Gasteiger charge is -2.15. The lowest BCUT2D eigenvalue weighted by atomic mass is 10.2. The molecular formula is C14H17ClN2O3S. The van der Waals surface area contributed by atoms with E-state index in [9.17, 15) is 8.42 Å². The van der Waals surface area contributed by atoms with Gasteiger partial charge in [-0.25, -0.2) is 13.1 Å². The van der Waals surface area contributed by atoms with E-state index < -0.39 is 10.0 Å². The van der Waals surface area contributed by atoms with E-state index >= 15 is 0 Å². The molecule has 3 N–H and O–H groups in total. The fraction of sp³-hybridized carbons (Fsp3) is 0.286. The first-order valence-corrected chi connectivity index (χ1v) is 8.26. The van der Waals surface area contributed by atoms with E-state index in [0.29, 0.717) is 17.0 Å². The van der Waals surface area contributed by atoms with Gasteiger partial charge in [-0.1, -0.05) is 11.6 Å². The Bertz CT molecular complexity index is 727. The summed E-state index contributed by atoms with van der Waals surface area (Å²) < 4.78 is 32.7. The summed E-state index contributed by atoms with van der Waals surface area (Å²) in [6, 6.07) is 6.18. The Kier molecular flexibility index (Phi) is 4.61. The van der Waals surface area contributed by atoms with E-state index in [1.807, 2.05) is 0 Å². The summed E-state index contributed by atoms with van der Waals surface area (Å²) in [5, 5.41) is 0.343. The number of anilines is 1. The SMILES string of the molecule is Cc1cc(Cl)c(N)cc1S(=O)(=O)NC(C)Cc1ccco1. The Morgan fingerprint density at radius 1 is 1.43 bits per heavy atom. The number of nitrogens with two attached hydrogens (primary N) is 1. The van der Waals surface area contributed by atoms with Gasteiger partial charge in [-0.05, 0) is 43.7 Å². The van der Waals surface area contributed by atoms with Gasteiger partial charge in [-0.15, -0.1) is 0 Å². The third-order valence-corrected chi connectivity index (χ3v) is 5.09. The predicted molar refractivity (Wildman–Crippen MR) is 82.8 cm³/mol. The Hall–Kier alpha value is -1.50. The van der Waals surface area contributed by atoms with Crippen molar-refractivity contribution in [3.05, 3.63) is 46.9 Å². The molecule has 0 fully saturated rings. The molecule has 1 aromatic carbocycles. The second-order valence-electron chi connectivity index (χ2n) is 4.95. The highest BCUT2D eigenvalue weighted by atomic mass is 35.5. The standard InChI is InChI=1S/C14H17ClN2O3S/c1-9-6-12(15)13(16)8-14(9)21(18,19)17-10(2)7-11-4-3-5-20-11/h3-6,8,10,17H,7,16H2,1-2H3. The number of halogens is 1. The molecule has 5 nitrogen and oxygen atoms in total. The van der Waals surface area contributed by atoms with Crippen LogP contribution in [0.15, 0.2) is 39.8 Å². The van der Waals surface area contributed by atoms with Crippen LogP contribution in [0.5, 0.6) is 0 Å². The third kappa shape index (κ3) is 3.78. The van der Waals surface area contributed by atoms with Crippen molar-refractivity contribution in [2.45, 2.75) is 31.2 Å². The van der Waals surface area contributed by atoms with Gasteiger partial charge in [0.25, 0.3) is 0 Å². The third-order valence-electron chi connectivity index (χ3n) is 3.03. The molecule has 0 radical (unpaired) electrons. The quantitative estimate of drug-likeness (QED) is 0.826. The van der Waals surface area contributed by atoms with E-state index in [-0.39, 0.29) is 16.6 Å². The Morgan fingerprint density at radius 2 is 2.14 bits per heavy atom. The number of hydrogen-bond acceptors (Lipinski definition) is 4. The van der Waals surface area contributed by atoms with Gasteiger partial charge in [-0.3, -0.25) is 0 Å². The maximum absolute atomic E-state index is 12.4. The molecule has 7 heteroatoms. The number of hydrogen-bond donors (Lipinski definition) is 2. The van der Waals surface area contributed by atoms with Gasteiger partial charge >= 0.3 is 0 Å². The largest absolute Gasteiger partial charge is 0.469 e. The van der Waals surface area contributed by atoms with Gasteiger partial charge in [0.2, 0.25) is 10.0 Å². The van der Waals surface area contributed by atoms with Crippen LogP contribution in [0.1, 0.15) is 18.2 Å². The maximum Gasteiger partial charge on any atom is 0.241 e. The Labute approximate surface area is 129 Å². The highest BCUT2D eigenvalue weighted by Crippen LogP contribution is 2.26. The number of aryl methyl sites for hydroxylation is 1. The molecule has 21 heavy (non-hydrogen) atoms. The maximum atomic E-state index is 12.4. The van der Waals surface area contributed by atoms with E-state index in [0.717, 1.165) is 5.76 Å². The van der Waals surface area contributed by atoms with Crippen molar-refractivity contribution in [1.82, 2.24) is 4.72 Å². The van der Waals surface area contributed by atoms with Crippen LogP contribution in [0.25, 0.3) is 0 Å². The summed E-state index contributed by atoms with van der Waals surface area (Å²) in [5.74, 6) is 0.720. The second kappa shape index (κ2) is 6.09. The van der Waals surface area contributed by atoms with Gasteiger partial charge in [0, 0.05) is 12.5 Å². The smallest absolute Gasteiger partial charge is 0.241 e. The minimum atomic E-state index is -3.66. The lowest BCUT2D eigenvalue weighted by Crippen LogP contribution is -2.34. The molecule has 1 atom stereocenters. The summed E-state index contributed by atoms with van der Waals surface area (Å²) in [6.45, 7) is 3.45. The molecule has 0 aliphatic heterocycles. The zero-order valence-corrected chi connectivity index (χ0v) is 13.3. The Morgan fingerprint density at radius 3 is 2.76 bits per heavy atom. The minimum Gasteiger partial charge on any atom is -0.469 e. The molecule has 0 aliphatic rings. The number of benzene rings is 1.